The zero-order valence-electron chi connectivity index (χ0n) is 8.18. The highest BCUT2D eigenvalue weighted by Gasteiger charge is 1.95. The first-order valence-electron chi connectivity index (χ1n) is 4.22. The van der Waals surface area contributed by atoms with Crippen molar-refractivity contribution in [1.29, 1.82) is 0 Å². The van der Waals surface area contributed by atoms with Crippen molar-refractivity contribution < 1.29 is 9.53 Å². The molecule has 78 valence electrons. The van der Waals surface area contributed by atoms with Crippen molar-refractivity contribution in [3.05, 3.63) is 0 Å². The van der Waals surface area contributed by atoms with Crippen LogP contribution in [0, 0.1) is 0 Å². The Morgan fingerprint density at radius 1 is 1.46 bits per heavy atom. The monoisotopic (exact) mass is 252 g/mol. The zero-order chi connectivity index (χ0) is 10.1. The van der Waals surface area contributed by atoms with Crippen LogP contribution in [-0.4, -0.2) is 56.5 Å². The van der Waals surface area contributed by atoms with Gasteiger partial charge in [-0.15, -0.1) is 0 Å². The smallest absolute Gasteiger partial charge is 0.230 e. The maximum atomic E-state index is 10.7. The molecule has 0 aliphatic carbocycles. The topological polar surface area (TPSA) is 41.6 Å². The summed E-state index contributed by atoms with van der Waals surface area (Å²) in [6, 6.07) is 0. The summed E-state index contributed by atoms with van der Waals surface area (Å²) in [7, 11) is 3.99. The van der Waals surface area contributed by atoms with Gasteiger partial charge in [0.1, 0.15) is 0 Å². The molecule has 0 saturated carbocycles. The molecule has 4 nitrogen and oxygen atoms in total. The minimum Gasteiger partial charge on any atom is -0.378 e. The van der Waals surface area contributed by atoms with E-state index in [0.29, 0.717) is 25.1 Å². The van der Waals surface area contributed by atoms with E-state index >= 15 is 0 Å². The normalized spacial score (nSPS) is 10.5. The molecule has 1 amide bonds. The van der Waals surface area contributed by atoms with E-state index < -0.39 is 0 Å². The third-order valence-electron chi connectivity index (χ3n) is 1.37. The van der Waals surface area contributed by atoms with Crippen LogP contribution in [0.2, 0.25) is 0 Å². The van der Waals surface area contributed by atoms with Gasteiger partial charge in [0.25, 0.3) is 0 Å². The summed E-state index contributed by atoms with van der Waals surface area (Å²) in [6.45, 7) is 2.77. The number of likely N-dealkylation sites (N-methyl/N-ethyl adjacent to an activating group) is 1. The second kappa shape index (κ2) is 8.47. The minimum absolute atomic E-state index is 0.00351. The molecule has 0 radical (unpaired) electrons. The van der Waals surface area contributed by atoms with Crippen LogP contribution in [0.15, 0.2) is 0 Å². The molecule has 0 atom stereocenters. The van der Waals surface area contributed by atoms with Crippen molar-refractivity contribution in [3.63, 3.8) is 0 Å². The molecular weight excluding hydrogens is 236 g/mol. The molecule has 13 heavy (non-hydrogen) atoms. The van der Waals surface area contributed by atoms with Crippen molar-refractivity contribution in [2.75, 3.05) is 45.7 Å². The molecular formula is C8H17BrN2O2. The highest BCUT2D eigenvalue weighted by atomic mass is 79.9. The van der Waals surface area contributed by atoms with Gasteiger partial charge < -0.3 is 15.0 Å². The lowest BCUT2D eigenvalue weighted by Gasteiger charge is -2.09. The van der Waals surface area contributed by atoms with E-state index in [1.807, 2.05) is 14.1 Å². The van der Waals surface area contributed by atoms with Crippen LogP contribution in [0.25, 0.3) is 0 Å². The second-order valence-electron chi connectivity index (χ2n) is 2.90. The fourth-order valence-corrected chi connectivity index (χ4v) is 0.857. The summed E-state index contributed by atoms with van der Waals surface area (Å²) < 4.78 is 5.27. The summed E-state index contributed by atoms with van der Waals surface area (Å²) in [5, 5.41) is 3.05. The second-order valence-corrected chi connectivity index (χ2v) is 3.46. The van der Waals surface area contributed by atoms with E-state index in [9.17, 15) is 4.79 Å². The zero-order valence-corrected chi connectivity index (χ0v) is 9.76. The van der Waals surface area contributed by atoms with E-state index in [1.165, 1.54) is 0 Å². The molecule has 1 N–H and O–H groups in total. The van der Waals surface area contributed by atoms with Crippen molar-refractivity contribution in [1.82, 2.24) is 10.2 Å². The number of carbonyl (C=O) groups is 1. The van der Waals surface area contributed by atoms with Crippen LogP contribution < -0.4 is 5.32 Å². The first kappa shape index (κ1) is 12.9. The molecule has 0 aliphatic rings. The van der Waals surface area contributed by atoms with Gasteiger partial charge in [0.15, 0.2) is 0 Å². The maximum Gasteiger partial charge on any atom is 0.230 e. The molecule has 0 aromatic rings. The van der Waals surface area contributed by atoms with Crippen LogP contribution in [0.1, 0.15) is 0 Å². The van der Waals surface area contributed by atoms with Crippen LogP contribution in [0.5, 0.6) is 0 Å². The number of nitrogens with one attached hydrogen (secondary N) is 1. The minimum atomic E-state index is -0.00351. The number of rotatable bonds is 7. The summed E-state index contributed by atoms with van der Waals surface area (Å²) in [6.07, 6.45) is 0. The first-order chi connectivity index (χ1) is 6.16. The fourth-order valence-electron chi connectivity index (χ4n) is 0.659. The van der Waals surface area contributed by atoms with Crippen LogP contribution in [-0.2, 0) is 9.53 Å². The quantitative estimate of drug-likeness (QED) is 0.516. The average Bonchev–Trinajstić information content (AvgIpc) is 2.10. The predicted octanol–water partition coefficient (Wildman–Crippen LogP) is 0.0757. The van der Waals surface area contributed by atoms with Crippen molar-refractivity contribution >= 4 is 21.8 Å². The molecule has 0 saturated heterocycles. The molecule has 0 fully saturated rings. The Bertz CT molecular complexity index is 142. The Hall–Kier alpha value is -0.130. The first-order valence-corrected chi connectivity index (χ1v) is 5.34. The lowest BCUT2D eigenvalue weighted by molar-refractivity contribution is -0.118. The van der Waals surface area contributed by atoms with Gasteiger partial charge in [-0.1, -0.05) is 15.9 Å². The molecule has 0 aromatic heterocycles. The maximum absolute atomic E-state index is 10.7. The van der Waals surface area contributed by atoms with Gasteiger partial charge in [0.2, 0.25) is 5.91 Å². The van der Waals surface area contributed by atoms with Crippen LogP contribution in [0.3, 0.4) is 0 Å². The Morgan fingerprint density at radius 3 is 2.69 bits per heavy atom. The van der Waals surface area contributed by atoms with Crippen molar-refractivity contribution in [2.24, 2.45) is 0 Å². The molecule has 0 unspecified atom stereocenters. The van der Waals surface area contributed by atoms with Gasteiger partial charge >= 0.3 is 0 Å². The summed E-state index contributed by atoms with van der Waals surface area (Å²) in [5.74, 6) is -0.00351. The Morgan fingerprint density at radius 2 is 2.15 bits per heavy atom. The molecule has 0 bridgehead atoms. The van der Waals surface area contributed by atoms with Crippen LogP contribution >= 0.6 is 15.9 Å². The Labute approximate surface area is 87.7 Å². The van der Waals surface area contributed by atoms with E-state index in [4.69, 9.17) is 4.74 Å². The van der Waals surface area contributed by atoms with Crippen LogP contribution in [0.4, 0.5) is 0 Å². The predicted molar refractivity (Wildman–Crippen MR) is 56.2 cm³/mol. The van der Waals surface area contributed by atoms with E-state index in [2.05, 4.69) is 26.1 Å². The number of hydrogen-bond acceptors (Lipinski definition) is 3. The lowest BCUT2D eigenvalue weighted by Crippen LogP contribution is -2.28. The van der Waals surface area contributed by atoms with Gasteiger partial charge in [-0.05, 0) is 14.1 Å². The number of carbonyl (C=O) groups excluding carboxylic acids is 1. The number of ether oxygens (including phenoxy) is 1. The van der Waals surface area contributed by atoms with E-state index in [-0.39, 0.29) is 5.91 Å². The van der Waals surface area contributed by atoms with Gasteiger partial charge in [0.05, 0.1) is 18.5 Å². The third kappa shape index (κ3) is 9.79. The Kier molecular flexibility index (Phi) is 8.38. The highest BCUT2D eigenvalue weighted by Crippen LogP contribution is 1.80. The number of alkyl halides is 1. The molecule has 0 heterocycles. The standard InChI is InChI=1S/C8H17BrN2O2/c1-11(2)4-6-13-5-3-10-8(12)7-9/h3-7H2,1-2H3,(H,10,12). The molecule has 0 aliphatic heterocycles. The summed E-state index contributed by atoms with van der Waals surface area (Å²) >= 11 is 3.06. The third-order valence-corrected chi connectivity index (χ3v) is 1.88. The average molecular weight is 253 g/mol. The molecule has 0 aromatic carbocycles. The summed E-state index contributed by atoms with van der Waals surface area (Å²) in [4.78, 5) is 12.8. The van der Waals surface area contributed by atoms with Gasteiger partial charge in [-0.25, -0.2) is 0 Å². The SMILES string of the molecule is CN(C)CCOCCNC(=O)CBr. The van der Waals surface area contributed by atoms with E-state index in [1.54, 1.807) is 0 Å². The molecule has 0 spiro atoms. The molecule has 5 heteroatoms. The van der Waals surface area contributed by atoms with Crippen molar-refractivity contribution in [3.8, 4) is 0 Å². The highest BCUT2D eigenvalue weighted by molar-refractivity contribution is 9.09. The van der Waals surface area contributed by atoms with Crippen molar-refractivity contribution in [2.45, 2.75) is 0 Å². The number of amides is 1. The largest absolute Gasteiger partial charge is 0.378 e. The molecule has 0 rings (SSSR count). The van der Waals surface area contributed by atoms with Gasteiger partial charge in [-0.3, -0.25) is 4.79 Å². The van der Waals surface area contributed by atoms with Gasteiger partial charge in [0, 0.05) is 13.1 Å². The number of nitrogens with zero attached hydrogens (tertiary/aromatic N) is 1. The number of halogens is 1. The van der Waals surface area contributed by atoms with Gasteiger partial charge in [-0.2, -0.15) is 0 Å². The van der Waals surface area contributed by atoms with E-state index in [0.717, 1.165) is 6.54 Å². The summed E-state index contributed by atoms with van der Waals surface area (Å²) in [5.41, 5.74) is 0. The lowest BCUT2D eigenvalue weighted by atomic mass is 10.6. The number of hydrogen-bond donors (Lipinski definition) is 1. The Balaban J connectivity index is 3.04. The fraction of sp³-hybridized carbons (Fsp3) is 0.875.